The fraction of sp³-hybridized carbons (Fsp3) is 0.167. The van der Waals surface area contributed by atoms with Crippen LogP contribution in [0, 0.1) is 10.1 Å². The van der Waals surface area contributed by atoms with Gasteiger partial charge in [-0.2, -0.15) is 13.2 Å². The molecule has 3 rings (SSSR count). The number of nitro benzene ring substituents is 1. The molecule has 0 aliphatic carbocycles. The topological polar surface area (TPSA) is 97.3 Å². The Kier molecular flexibility index (Phi) is 4.95. The Hall–Kier alpha value is -3.56. The molecule has 0 saturated carbocycles. The molecule has 28 heavy (non-hydrogen) atoms. The molecule has 2 aromatic carbocycles. The van der Waals surface area contributed by atoms with Gasteiger partial charge in [0.15, 0.2) is 0 Å². The number of hydrogen-bond acceptors (Lipinski definition) is 4. The van der Waals surface area contributed by atoms with Gasteiger partial charge in [-0.15, -0.1) is 0 Å². The van der Waals surface area contributed by atoms with Crippen LogP contribution in [0.2, 0.25) is 0 Å². The maximum absolute atomic E-state index is 13.0. The summed E-state index contributed by atoms with van der Waals surface area (Å²) in [4.78, 5) is 25.8. The molecule has 1 heterocycles. The number of carbonyl (C=O) groups is 1. The number of carbonyl (C=O) groups excluding carboxylic acids is 1. The monoisotopic (exact) mass is 393 g/mol. The van der Waals surface area contributed by atoms with E-state index in [0.717, 1.165) is 18.2 Å². The number of nitrogens with zero attached hydrogens (tertiary/aromatic N) is 1. The van der Waals surface area contributed by atoms with Crippen LogP contribution in [0.25, 0.3) is 10.9 Å². The Bertz CT molecular complexity index is 1060. The number of hydrogen-bond donors (Lipinski definition) is 2. The zero-order valence-corrected chi connectivity index (χ0v) is 14.5. The first-order chi connectivity index (χ1) is 13.2. The lowest BCUT2D eigenvalue weighted by Gasteiger charge is -2.14. The van der Waals surface area contributed by atoms with E-state index in [2.05, 4.69) is 10.3 Å². The van der Waals surface area contributed by atoms with Crippen molar-refractivity contribution >= 4 is 28.2 Å². The molecule has 0 saturated heterocycles. The van der Waals surface area contributed by atoms with Crippen molar-refractivity contribution in [3.63, 3.8) is 0 Å². The van der Waals surface area contributed by atoms with Gasteiger partial charge in [-0.25, -0.2) is 0 Å². The minimum Gasteiger partial charge on any atom is -0.492 e. The molecule has 3 aromatic rings. The van der Waals surface area contributed by atoms with E-state index < -0.39 is 22.6 Å². The van der Waals surface area contributed by atoms with E-state index >= 15 is 0 Å². The summed E-state index contributed by atoms with van der Waals surface area (Å²) in [5, 5.41) is 13.6. The SMILES string of the molecule is CCOc1ccc(C(F)(F)F)cc1NC(=O)c1c[nH]c2ccc([N+](=O)[O-])cc12. The molecule has 0 atom stereocenters. The molecule has 1 amide bonds. The average molecular weight is 393 g/mol. The number of rotatable bonds is 5. The number of alkyl halides is 3. The van der Waals surface area contributed by atoms with E-state index in [0.29, 0.717) is 5.52 Å². The van der Waals surface area contributed by atoms with Crippen molar-refractivity contribution < 1.29 is 27.6 Å². The minimum atomic E-state index is -4.59. The van der Waals surface area contributed by atoms with Crippen molar-refractivity contribution in [2.24, 2.45) is 0 Å². The van der Waals surface area contributed by atoms with Crippen LogP contribution in [0.4, 0.5) is 24.5 Å². The van der Waals surface area contributed by atoms with Crippen LogP contribution in [0.5, 0.6) is 5.75 Å². The Morgan fingerprint density at radius 1 is 1.25 bits per heavy atom. The van der Waals surface area contributed by atoms with Gasteiger partial charge in [0, 0.05) is 29.2 Å². The molecule has 0 aliphatic rings. The van der Waals surface area contributed by atoms with Gasteiger partial charge in [0.25, 0.3) is 11.6 Å². The molecule has 0 radical (unpaired) electrons. The fourth-order valence-corrected chi connectivity index (χ4v) is 2.69. The number of nitro groups is 1. The highest BCUT2D eigenvalue weighted by molar-refractivity contribution is 6.13. The van der Waals surface area contributed by atoms with Crippen LogP contribution < -0.4 is 10.1 Å². The third kappa shape index (κ3) is 3.75. The molecule has 146 valence electrons. The van der Waals surface area contributed by atoms with E-state index in [1.54, 1.807) is 6.92 Å². The standard InChI is InChI=1S/C18H14F3N3O4/c1-2-28-16-6-3-10(18(19,20)21)7-15(16)23-17(25)13-9-22-14-5-4-11(24(26)27)8-12(13)14/h3-9,22H,2H2,1H3,(H,23,25). The first-order valence-electron chi connectivity index (χ1n) is 8.11. The summed E-state index contributed by atoms with van der Waals surface area (Å²) in [7, 11) is 0. The lowest BCUT2D eigenvalue weighted by atomic mass is 10.1. The van der Waals surface area contributed by atoms with Gasteiger partial charge in [0.1, 0.15) is 5.75 Å². The molecule has 0 bridgehead atoms. The highest BCUT2D eigenvalue weighted by atomic mass is 19.4. The van der Waals surface area contributed by atoms with Crippen LogP contribution in [0.1, 0.15) is 22.8 Å². The summed E-state index contributed by atoms with van der Waals surface area (Å²) < 4.78 is 44.3. The second-order valence-corrected chi connectivity index (χ2v) is 5.79. The molecule has 10 heteroatoms. The Morgan fingerprint density at radius 3 is 2.64 bits per heavy atom. The molecular formula is C18H14F3N3O4. The van der Waals surface area contributed by atoms with E-state index in [4.69, 9.17) is 4.74 Å². The number of non-ortho nitro benzene ring substituents is 1. The average Bonchev–Trinajstić information content (AvgIpc) is 3.05. The second-order valence-electron chi connectivity index (χ2n) is 5.79. The predicted molar refractivity (Wildman–Crippen MR) is 95.5 cm³/mol. The van der Waals surface area contributed by atoms with Gasteiger partial charge in [0.2, 0.25) is 0 Å². The highest BCUT2D eigenvalue weighted by Crippen LogP contribution is 2.35. The molecule has 0 unspecified atom stereocenters. The summed E-state index contributed by atoms with van der Waals surface area (Å²) >= 11 is 0. The van der Waals surface area contributed by atoms with Crippen molar-refractivity contribution in [3.05, 3.63) is 63.8 Å². The van der Waals surface area contributed by atoms with Crippen LogP contribution in [-0.4, -0.2) is 22.4 Å². The Morgan fingerprint density at radius 2 is 2.00 bits per heavy atom. The lowest BCUT2D eigenvalue weighted by Crippen LogP contribution is -2.14. The number of aromatic nitrogens is 1. The number of halogens is 3. The molecule has 1 aromatic heterocycles. The van der Waals surface area contributed by atoms with Gasteiger partial charge in [-0.05, 0) is 31.2 Å². The van der Waals surface area contributed by atoms with E-state index in [-0.39, 0.29) is 34.7 Å². The van der Waals surface area contributed by atoms with Crippen LogP contribution in [0.15, 0.2) is 42.6 Å². The number of amides is 1. The number of aromatic amines is 1. The molecule has 0 spiro atoms. The summed E-state index contributed by atoms with van der Waals surface area (Å²) in [6, 6.07) is 6.70. The van der Waals surface area contributed by atoms with Crippen LogP contribution in [-0.2, 0) is 6.18 Å². The highest BCUT2D eigenvalue weighted by Gasteiger charge is 2.31. The normalized spacial score (nSPS) is 11.4. The minimum absolute atomic E-state index is 0.0542. The maximum Gasteiger partial charge on any atom is 0.416 e. The summed E-state index contributed by atoms with van der Waals surface area (Å²) in [5.41, 5.74) is -0.777. The molecule has 7 nitrogen and oxygen atoms in total. The number of ether oxygens (including phenoxy) is 1. The van der Waals surface area contributed by atoms with Gasteiger partial charge in [0.05, 0.1) is 28.3 Å². The van der Waals surface area contributed by atoms with Gasteiger partial charge >= 0.3 is 6.18 Å². The van der Waals surface area contributed by atoms with Crippen LogP contribution >= 0.6 is 0 Å². The largest absolute Gasteiger partial charge is 0.492 e. The van der Waals surface area contributed by atoms with Crippen LogP contribution in [0.3, 0.4) is 0 Å². The van der Waals surface area contributed by atoms with E-state index in [9.17, 15) is 28.1 Å². The number of H-pyrrole nitrogens is 1. The third-order valence-electron chi connectivity index (χ3n) is 3.98. The number of nitrogens with one attached hydrogen (secondary N) is 2. The predicted octanol–water partition coefficient (Wildman–Crippen LogP) is 4.75. The van der Waals surface area contributed by atoms with Gasteiger partial charge in [-0.1, -0.05) is 0 Å². The smallest absolute Gasteiger partial charge is 0.416 e. The first-order valence-corrected chi connectivity index (χ1v) is 8.11. The molecule has 0 aliphatic heterocycles. The first kappa shape index (κ1) is 19.2. The number of benzene rings is 2. The van der Waals surface area contributed by atoms with Crippen molar-refractivity contribution in [1.82, 2.24) is 4.98 Å². The molecular weight excluding hydrogens is 379 g/mol. The number of fused-ring (bicyclic) bond motifs is 1. The third-order valence-corrected chi connectivity index (χ3v) is 3.98. The van der Waals surface area contributed by atoms with E-state index in [1.165, 1.54) is 24.4 Å². The van der Waals surface area contributed by atoms with Gasteiger partial charge in [-0.3, -0.25) is 14.9 Å². The maximum atomic E-state index is 13.0. The van der Waals surface area contributed by atoms with E-state index in [1.807, 2.05) is 0 Å². The summed E-state index contributed by atoms with van der Waals surface area (Å²) in [6.07, 6.45) is -3.26. The Labute approximate surface area is 156 Å². The lowest BCUT2D eigenvalue weighted by molar-refractivity contribution is -0.384. The van der Waals surface area contributed by atoms with Crippen molar-refractivity contribution in [1.29, 1.82) is 0 Å². The van der Waals surface area contributed by atoms with Crippen molar-refractivity contribution in [2.75, 3.05) is 11.9 Å². The van der Waals surface area contributed by atoms with Gasteiger partial charge < -0.3 is 15.0 Å². The summed E-state index contributed by atoms with van der Waals surface area (Å²) in [6.45, 7) is 1.84. The number of anilines is 1. The quantitative estimate of drug-likeness (QED) is 0.483. The fourth-order valence-electron chi connectivity index (χ4n) is 2.69. The molecule has 0 fully saturated rings. The zero-order valence-electron chi connectivity index (χ0n) is 14.5. The Balaban J connectivity index is 1.99. The summed E-state index contributed by atoms with van der Waals surface area (Å²) in [5.74, 6) is -0.651. The van der Waals surface area contributed by atoms with Crippen molar-refractivity contribution in [3.8, 4) is 5.75 Å². The molecule has 2 N–H and O–H groups in total. The second kappa shape index (κ2) is 7.22. The zero-order chi connectivity index (χ0) is 20.5. The van der Waals surface area contributed by atoms with Crippen molar-refractivity contribution in [2.45, 2.75) is 13.1 Å².